The number of amides is 2. The van der Waals surface area contributed by atoms with Gasteiger partial charge < -0.3 is 49.6 Å². The summed E-state index contributed by atoms with van der Waals surface area (Å²) in [4.78, 5) is 50.9. The van der Waals surface area contributed by atoms with Crippen LogP contribution in [0.4, 0.5) is 5.69 Å². The number of hydrogen-bond donors (Lipinski definition) is 6. The van der Waals surface area contributed by atoms with Gasteiger partial charge in [-0.3, -0.25) is 29.8 Å². The number of benzene rings is 2. The van der Waals surface area contributed by atoms with E-state index in [1.807, 2.05) is 0 Å². The number of rotatable bonds is 3. The Morgan fingerprint density at radius 1 is 0.984 bits per heavy atom. The molecular formula is C45H59N5O11. The second-order valence-electron chi connectivity index (χ2n) is 17.0. The van der Waals surface area contributed by atoms with E-state index in [4.69, 9.17) is 28.9 Å². The topological polar surface area (TPSA) is 233 Å². The van der Waals surface area contributed by atoms with E-state index in [9.17, 15) is 40.2 Å². The Morgan fingerprint density at radius 2 is 1.64 bits per heavy atom. The molecule has 2 amide bonds. The van der Waals surface area contributed by atoms with Crippen molar-refractivity contribution in [3.8, 4) is 17.2 Å². The molecule has 2 aromatic rings. The molecule has 0 unspecified atom stereocenters. The highest BCUT2D eigenvalue weighted by atomic mass is 16.7. The largest absolute Gasteiger partial charge is 0.507 e. The summed E-state index contributed by atoms with van der Waals surface area (Å²) in [6.07, 6.45) is 5.07. The van der Waals surface area contributed by atoms with Crippen LogP contribution in [0.5, 0.6) is 17.2 Å². The molecule has 9 atom stereocenters. The fraction of sp³-hybridized carbons (Fsp3) is 0.556. The van der Waals surface area contributed by atoms with Gasteiger partial charge in [-0.25, -0.2) is 0 Å². The lowest BCUT2D eigenvalue weighted by molar-refractivity contribution is -0.160. The highest BCUT2D eigenvalue weighted by Gasteiger charge is 2.48. The van der Waals surface area contributed by atoms with Gasteiger partial charge in [-0.2, -0.15) is 0 Å². The number of nitrogens with one attached hydrogen (secondary N) is 2. The first-order chi connectivity index (χ1) is 28.7. The van der Waals surface area contributed by atoms with E-state index in [-0.39, 0.29) is 67.0 Å². The summed E-state index contributed by atoms with van der Waals surface area (Å²) in [5.41, 5.74) is -0.677. The Balaban J connectivity index is 1.55. The molecule has 1 saturated heterocycles. The lowest BCUT2D eigenvalue weighted by Gasteiger charge is -2.38. The van der Waals surface area contributed by atoms with Gasteiger partial charge in [-0.15, -0.1) is 0 Å². The number of methoxy groups -OCH3 is 1. The highest BCUT2D eigenvalue weighted by molar-refractivity contribution is 6.20. The van der Waals surface area contributed by atoms with Crippen molar-refractivity contribution in [1.82, 2.24) is 4.90 Å². The van der Waals surface area contributed by atoms with Crippen LogP contribution in [-0.4, -0.2) is 105 Å². The van der Waals surface area contributed by atoms with E-state index in [1.54, 1.807) is 77.7 Å². The zero-order valence-corrected chi connectivity index (χ0v) is 36.5. The Hall–Kier alpha value is -5.32. The van der Waals surface area contributed by atoms with E-state index in [1.165, 1.54) is 27.2 Å². The Labute approximate surface area is 355 Å². The van der Waals surface area contributed by atoms with E-state index in [0.29, 0.717) is 32.4 Å². The fourth-order valence-corrected chi connectivity index (χ4v) is 8.96. The van der Waals surface area contributed by atoms with Crippen molar-refractivity contribution in [2.75, 3.05) is 25.5 Å². The first-order valence-corrected chi connectivity index (χ1v) is 20.9. The molecule has 16 nitrogen and oxygen atoms in total. The van der Waals surface area contributed by atoms with Crippen LogP contribution in [0.2, 0.25) is 0 Å². The SMILES string of the molecule is CCC(=O)N1CCC2(CC1)N=c1c3c(O)c4c(O)c(C)c5c(c4c1=N2)C(=N)[C@@](C)(O/C=C/[C@H](OC)[C@@H](C)[C@@H](OC(C)=O)[C@H](C)[C@H](O)[C@H](C)[C@@H](O)[C@@H](C)/C=C/C=C(/C)C(=O)N3)O5. The minimum absolute atomic E-state index is 0.00337. The molecule has 4 bridgehead atoms. The number of esters is 1. The summed E-state index contributed by atoms with van der Waals surface area (Å²) < 4.78 is 24.2. The van der Waals surface area contributed by atoms with Gasteiger partial charge in [0.2, 0.25) is 5.91 Å². The van der Waals surface area contributed by atoms with Crippen molar-refractivity contribution in [3.05, 3.63) is 58.0 Å². The lowest BCUT2D eigenvalue weighted by Crippen LogP contribution is -2.46. The third kappa shape index (κ3) is 8.12. The molecule has 61 heavy (non-hydrogen) atoms. The second kappa shape index (κ2) is 17.2. The third-order valence-corrected chi connectivity index (χ3v) is 12.9. The molecule has 330 valence electrons. The van der Waals surface area contributed by atoms with Gasteiger partial charge in [0, 0.05) is 93.5 Å². The summed E-state index contributed by atoms with van der Waals surface area (Å²) in [6.45, 7) is 15.5. The Bertz CT molecular complexity index is 2350. The molecule has 4 aliphatic rings. The maximum absolute atomic E-state index is 13.9. The predicted octanol–water partition coefficient (Wildman–Crippen LogP) is 4.22. The monoisotopic (exact) mass is 845 g/mol. The van der Waals surface area contributed by atoms with E-state index in [0.717, 1.165) is 0 Å². The van der Waals surface area contributed by atoms with Crippen molar-refractivity contribution in [1.29, 1.82) is 5.41 Å². The van der Waals surface area contributed by atoms with Crippen LogP contribution in [0.1, 0.15) is 85.8 Å². The van der Waals surface area contributed by atoms with Gasteiger partial charge in [0.15, 0.2) is 11.4 Å². The lowest BCUT2D eigenvalue weighted by atomic mass is 9.78. The van der Waals surface area contributed by atoms with Crippen molar-refractivity contribution < 1.29 is 53.8 Å². The number of aliphatic hydroxyl groups excluding tert-OH is 2. The van der Waals surface area contributed by atoms with E-state index < -0.39 is 77.2 Å². The smallest absolute Gasteiger partial charge is 0.302 e. The quantitative estimate of drug-likeness (QED) is 0.189. The maximum Gasteiger partial charge on any atom is 0.302 e. The number of piperidine rings is 1. The van der Waals surface area contributed by atoms with Gasteiger partial charge in [0.1, 0.15) is 34.4 Å². The van der Waals surface area contributed by atoms with E-state index in [2.05, 4.69) is 5.32 Å². The predicted molar refractivity (Wildman–Crippen MR) is 226 cm³/mol. The number of anilines is 1. The number of likely N-dealkylation sites (tertiary alicyclic amines) is 1. The van der Waals surface area contributed by atoms with Gasteiger partial charge in [-0.05, 0) is 19.9 Å². The molecule has 0 radical (unpaired) electrons. The van der Waals surface area contributed by atoms with Gasteiger partial charge in [-0.1, -0.05) is 52.8 Å². The zero-order valence-electron chi connectivity index (χ0n) is 36.5. The molecule has 6 rings (SSSR count). The number of ether oxygens (including phenoxy) is 4. The number of fused-ring (bicyclic) bond motifs is 1. The van der Waals surface area contributed by atoms with Crippen molar-refractivity contribution in [3.63, 3.8) is 0 Å². The minimum atomic E-state index is -1.77. The van der Waals surface area contributed by atoms with Crippen LogP contribution in [0, 0.1) is 36.0 Å². The van der Waals surface area contributed by atoms with Crippen molar-refractivity contribution in [2.45, 2.75) is 117 Å². The molecule has 0 saturated carbocycles. The summed E-state index contributed by atoms with van der Waals surface area (Å²) in [7, 11) is 1.48. The highest BCUT2D eigenvalue weighted by Crippen LogP contribution is 2.50. The maximum atomic E-state index is 13.9. The number of aliphatic hydroxyl groups is 2. The number of hydrogen-bond acceptors (Lipinski definition) is 14. The standard InChI is InChI=1S/C45H59N5O11/c1-11-29(52)50-18-16-45(17-19-50)48-33-30-31-38(55)26(7)41-32(30)42(46)44(9,61-41)59-20-15-28(58-10)23(4)40(60-27(8)51)25(6)37(54)24(5)36(53)21(2)13-12-14-22(3)43(57)47-35(39(31)56)34(33)49-45/h12-15,20-21,23-25,28,36-37,40,46,53-56H,11,16-19H2,1-10H3,(H,47,57)/b13-12+,20-15+,22-14-,46-42?/t21-,23+,24+,25+,28-,36-,37+,40+,44-/m0/s1. The first-order valence-electron chi connectivity index (χ1n) is 20.9. The molecule has 2 aromatic carbocycles. The molecule has 1 spiro atoms. The first kappa shape index (κ1) is 45.2. The van der Waals surface area contributed by atoms with Crippen LogP contribution in [0.3, 0.4) is 0 Å². The minimum Gasteiger partial charge on any atom is -0.507 e. The summed E-state index contributed by atoms with van der Waals surface area (Å²) in [6, 6.07) is 0. The number of carbonyl (C=O) groups excluding carboxylic acids is 3. The van der Waals surface area contributed by atoms with Crippen LogP contribution < -0.4 is 20.8 Å². The van der Waals surface area contributed by atoms with Crippen LogP contribution in [0.25, 0.3) is 10.8 Å². The molecule has 6 N–H and O–H groups in total. The number of phenols is 2. The summed E-state index contributed by atoms with van der Waals surface area (Å²) in [5, 5.41) is 59.7. The number of aromatic hydroxyl groups is 2. The van der Waals surface area contributed by atoms with Gasteiger partial charge in [0.25, 0.3) is 11.7 Å². The fourth-order valence-electron chi connectivity index (χ4n) is 8.96. The Morgan fingerprint density at radius 3 is 2.26 bits per heavy atom. The number of carbonyl (C=O) groups is 3. The van der Waals surface area contributed by atoms with Crippen molar-refractivity contribution >= 4 is 40.0 Å². The molecule has 0 aliphatic carbocycles. The number of nitrogens with zero attached hydrogens (tertiary/aromatic N) is 3. The molecular weight excluding hydrogens is 787 g/mol. The van der Waals surface area contributed by atoms with Crippen molar-refractivity contribution in [2.24, 2.45) is 33.7 Å². The molecule has 1 fully saturated rings. The van der Waals surface area contributed by atoms with Crippen LogP contribution in [-0.2, 0) is 28.6 Å². The second-order valence-corrected chi connectivity index (χ2v) is 17.0. The average Bonchev–Trinajstić information content (AvgIpc) is 3.73. The van der Waals surface area contributed by atoms with E-state index >= 15 is 0 Å². The zero-order chi connectivity index (χ0) is 44.9. The van der Waals surface area contributed by atoms with Gasteiger partial charge in [0.05, 0.1) is 40.9 Å². The summed E-state index contributed by atoms with van der Waals surface area (Å²) >= 11 is 0. The third-order valence-electron chi connectivity index (χ3n) is 12.9. The molecule has 0 aromatic heterocycles. The summed E-state index contributed by atoms with van der Waals surface area (Å²) in [5.74, 6) is -6.02. The van der Waals surface area contributed by atoms with Crippen LogP contribution >= 0.6 is 0 Å². The normalized spacial score (nSPS) is 32.2. The molecule has 16 heteroatoms. The van der Waals surface area contributed by atoms with Gasteiger partial charge >= 0.3 is 5.97 Å². The molecule has 4 aliphatic heterocycles. The number of phenolic OH excluding ortho intramolecular Hbond substituents is 2. The Kier molecular flexibility index (Phi) is 12.8. The number of allylic oxidation sites excluding steroid dienone is 2. The van der Waals surface area contributed by atoms with Crippen LogP contribution in [0.15, 0.2) is 46.1 Å². The molecule has 4 heterocycles. The average molecular weight is 846 g/mol.